The van der Waals surface area contributed by atoms with Crippen molar-refractivity contribution in [3.05, 3.63) is 12.2 Å². The Labute approximate surface area is 101 Å². The van der Waals surface area contributed by atoms with Crippen molar-refractivity contribution in [2.24, 2.45) is 0 Å². The molecular weight excluding hydrogens is 289 g/mol. The molecule has 1 amide bonds. The fourth-order valence-corrected chi connectivity index (χ4v) is 1.72. The summed E-state index contributed by atoms with van der Waals surface area (Å²) in [5, 5.41) is 0. The van der Waals surface area contributed by atoms with Crippen molar-refractivity contribution in [1.82, 2.24) is 4.90 Å². The van der Waals surface area contributed by atoms with Gasteiger partial charge in [-0.05, 0) is 43.6 Å². The first-order chi connectivity index (χ1) is 6.76. The van der Waals surface area contributed by atoms with E-state index in [1.54, 1.807) is 6.08 Å². The predicted octanol–water partition coefficient (Wildman–Crippen LogP) is 3.02. The molecule has 0 bridgehead atoms. The summed E-state index contributed by atoms with van der Waals surface area (Å²) in [5.74, 6) is 0.143. The lowest BCUT2D eigenvalue weighted by molar-refractivity contribution is -0.125. The van der Waals surface area contributed by atoms with E-state index < -0.39 is 0 Å². The zero-order valence-corrected chi connectivity index (χ0v) is 11.3. The van der Waals surface area contributed by atoms with E-state index in [0.717, 1.165) is 19.5 Å². The van der Waals surface area contributed by atoms with Gasteiger partial charge in [0.05, 0.1) is 0 Å². The molecule has 0 spiro atoms. The van der Waals surface area contributed by atoms with Crippen molar-refractivity contribution in [3.63, 3.8) is 0 Å². The monoisotopic (exact) mass is 309 g/mol. The first kappa shape index (κ1) is 13.9. The number of allylic oxidation sites excluding steroid dienone is 1. The summed E-state index contributed by atoms with van der Waals surface area (Å²) in [6.45, 7) is 5.61. The average Bonchev–Trinajstić information content (AvgIpc) is 2.19. The zero-order valence-electron chi connectivity index (χ0n) is 9.13. The predicted molar refractivity (Wildman–Crippen MR) is 69.8 cm³/mol. The van der Waals surface area contributed by atoms with Crippen molar-refractivity contribution < 1.29 is 4.79 Å². The van der Waals surface area contributed by atoms with E-state index in [1.807, 2.05) is 24.8 Å². The van der Waals surface area contributed by atoms with Gasteiger partial charge < -0.3 is 4.90 Å². The highest BCUT2D eigenvalue weighted by atomic mass is 127. The Morgan fingerprint density at radius 2 is 1.93 bits per heavy atom. The number of alkyl halides is 1. The highest BCUT2D eigenvalue weighted by Gasteiger charge is 2.03. The summed E-state index contributed by atoms with van der Waals surface area (Å²) in [6, 6.07) is 0. The van der Waals surface area contributed by atoms with E-state index in [1.165, 1.54) is 17.3 Å². The molecule has 0 aliphatic heterocycles. The van der Waals surface area contributed by atoms with E-state index in [0.29, 0.717) is 0 Å². The van der Waals surface area contributed by atoms with Crippen molar-refractivity contribution in [1.29, 1.82) is 0 Å². The van der Waals surface area contributed by atoms with Crippen LogP contribution in [-0.4, -0.2) is 28.3 Å². The zero-order chi connectivity index (χ0) is 10.8. The van der Waals surface area contributed by atoms with Crippen LogP contribution >= 0.6 is 22.6 Å². The van der Waals surface area contributed by atoms with Gasteiger partial charge in [-0.15, -0.1) is 0 Å². The number of carbonyl (C=O) groups excluding carboxylic acids is 1. The van der Waals surface area contributed by atoms with Crippen LogP contribution in [0.2, 0.25) is 0 Å². The Bertz CT molecular complexity index is 176. The molecule has 0 aliphatic carbocycles. The fraction of sp³-hybridized carbons (Fsp3) is 0.727. The number of hydrogen-bond donors (Lipinski definition) is 0. The van der Waals surface area contributed by atoms with Crippen LogP contribution in [0.5, 0.6) is 0 Å². The Morgan fingerprint density at radius 1 is 1.29 bits per heavy atom. The molecular formula is C11H20INO. The molecule has 0 rings (SSSR count). The Morgan fingerprint density at radius 3 is 2.43 bits per heavy atom. The summed E-state index contributed by atoms with van der Waals surface area (Å²) < 4.78 is 1.20. The molecule has 0 unspecified atom stereocenters. The summed E-state index contributed by atoms with van der Waals surface area (Å²) in [4.78, 5) is 13.3. The van der Waals surface area contributed by atoms with Crippen LogP contribution in [0.25, 0.3) is 0 Å². The molecule has 0 aromatic carbocycles. The lowest BCUT2D eigenvalue weighted by atomic mass is 10.2. The number of amides is 1. The highest BCUT2D eigenvalue weighted by molar-refractivity contribution is 14.1. The minimum atomic E-state index is 0.143. The molecule has 3 heteroatoms. The van der Waals surface area contributed by atoms with Crippen molar-refractivity contribution in [3.8, 4) is 0 Å². The van der Waals surface area contributed by atoms with E-state index in [4.69, 9.17) is 0 Å². The van der Waals surface area contributed by atoms with Gasteiger partial charge in [0, 0.05) is 13.1 Å². The number of likely N-dealkylation sites (N-methyl/N-ethyl adjacent to an activating group) is 1. The second-order valence-corrected chi connectivity index (χ2v) is 4.18. The number of carbonyl (C=O) groups is 1. The number of nitrogens with zero attached hydrogens (tertiary/aromatic N) is 1. The maximum absolute atomic E-state index is 11.5. The van der Waals surface area contributed by atoms with Gasteiger partial charge in [-0.2, -0.15) is 0 Å². The van der Waals surface area contributed by atoms with Gasteiger partial charge in [0.1, 0.15) is 0 Å². The molecule has 0 heterocycles. The summed E-state index contributed by atoms with van der Waals surface area (Å²) in [6.07, 6.45) is 7.15. The molecule has 2 nitrogen and oxygen atoms in total. The lowest BCUT2D eigenvalue weighted by Gasteiger charge is -2.15. The fourth-order valence-electron chi connectivity index (χ4n) is 1.18. The molecule has 0 saturated carbocycles. The van der Waals surface area contributed by atoms with E-state index >= 15 is 0 Å². The van der Waals surface area contributed by atoms with Crippen molar-refractivity contribution in [2.75, 3.05) is 17.5 Å². The molecule has 0 N–H and O–H groups in total. The van der Waals surface area contributed by atoms with E-state index in [2.05, 4.69) is 22.6 Å². The van der Waals surface area contributed by atoms with Gasteiger partial charge in [-0.3, -0.25) is 4.79 Å². The second-order valence-electron chi connectivity index (χ2n) is 3.10. The van der Waals surface area contributed by atoms with Crippen LogP contribution < -0.4 is 0 Å². The largest absolute Gasteiger partial charge is 0.340 e. The van der Waals surface area contributed by atoms with Crippen molar-refractivity contribution >= 4 is 28.5 Å². The maximum Gasteiger partial charge on any atom is 0.246 e. The molecule has 0 atom stereocenters. The normalized spacial score (nSPS) is 10.8. The highest BCUT2D eigenvalue weighted by Crippen LogP contribution is 2.00. The lowest BCUT2D eigenvalue weighted by Crippen LogP contribution is -2.28. The number of hydrogen-bond acceptors (Lipinski definition) is 1. The number of halogens is 1. The Kier molecular flexibility index (Phi) is 9.45. The Hall–Kier alpha value is -0.0600. The van der Waals surface area contributed by atoms with E-state index in [9.17, 15) is 4.79 Å². The summed E-state index contributed by atoms with van der Waals surface area (Å²) >= 11 is 2.38. The minimum Gasteiger partial charge on any atom is -0.340 e. The Balaban J connectivity index is 3.69. The molecule has 0 aromatic heterocycles. The van der Waals surface area contributed by atoms with Crippen molar-refractivity contribution in [2.45, 2.75) is 33.1 Å². The quantitative estimate of drug-likeness (QED) is 0.306. The molecule has 0 radical (unpaired) electrons. The summed E-state index contributed by atoms with van der Waals surface area (Å²) in [7, 11) is 0. The first-order valence-electron chi connectivity index (χ1n) is 5.27. The van der Waals surface area contributed by atoms with Gasteiger partial charge in [0.25, 0.3) is 0 Å². The van der Waals surface area contributed by atoms with Crippen LogP contribution in [0.15, 0.2) is 12.2 Å². The molecule has 0 aromatic rings. The summed E-state index contributed by atoms with van der Waals surface area (Å²) in [5.41, 5.74) is 0. The average molecular weight is 309 g/mol. The van der Waals surface area contributed by atoms with Gasteiger partial charge in [0.15, 0.2) is 0 Å². The topological polar surface area (TPSA) is 20.3 Å². The molecule has 0 saturated heterocycles. The molecule has 0 aliphatic rings. The van der Waals surface area contributed by atoms with Crippen LogP contribution in [-0.2, 0) is 4.79 Å². The van der Waals surface area contributed by atoms with Gasteiger partial charge in [-0.25, -0.2) is 0 Å². The van der Waals surface area contributed by atoms with Gasteiger partial charge in [0.2, 0.25) is 5.91 Å². The molecule has 0 fully saturated rings. The smallest absolute Gasteiger partial charge is 0.246 e. The van der Waals surface area contributed by atoms with Gasteiger partial charge in [-0.1, -0.05) is 28.7 Å². The molecule has 14 heavy (non-hydrogen) atoms. The van der Waals surface area contributed by atoms with Crippen LogP contribution in [0, 0.1) is 0 Å². The van der Waals surface area contributed by atoms with Crippen LogP contribution in [0.4, 0.5) is 0 Å². The third-order valence-corrected chi connectivity index (χ3v) is 2.85. The second kappa shape index (κ2) is 9.49. The van der Waals surface area contributed by atoms with Crippen LogP contribution in [0.1, 0.15) is 33.1 Å². The third kappa shape index (κ3) is 6.40. The molecule has 82 valence electrons. The standard InChI is InChI=1S/C11H20INO/c1-3-13(4-2)11(14)9-7-5-6-8-10-12/h7,9H,3-6,8,10H2,1-2H3/b9-7+. The first-order valence-corrected chi connectivity index (χ1v) is 6.80. The maximum atomic E-state index is 11.5. The van der Waals surface area contributed by atoms with Gasteiger partial charge >= 0.3 is 0 Å². The third-order valence-electron chi connectivity index (χ3n) is 2.09. The SMILES string of the molecule is CCN(CC)C(=O)/C=C/CCCCI. The number of unbranched alkanes of at least 4 members (excludes halogenated alkanes) is 2. The van der Waals surface area contributed by atoms with Crippen LogP contribution in [0.3, 0.4) is 0 Å². The minimum absolute atomic E-state index is 0.143. The van der Waals surface area contributed by atoms with E-state index in [-0.39, 0.29) is 5.91 Å². The number of rotatable bonds is 7.